The predicted molar refractivity (Wildman–Crippen MR) is 120 cm³/mol. The highest BCUT2D eigenvalue weighted by molar-refractivity contribution is 9.10. The Bertz CT molecular complexity index is 1110. The number of para-hydroxylation sites is 1. The largest absolute Gasteiger partial charge is 0.507 e. The molecule has 2 aromatic carbocycles. The van der Waals surface area contributed by atoms with Crippen LogP contribution in [0, 0.1) is 0 Å². The molecule has 31 heavy (non-hydrogen) atoms. The van der Waals surface area contributed by atoms with Crippen molar-refractivity contribution in [3.8, 4) is 5.75 Å². The first-order chi connectivity index (χ1) is 14.5. The van der Waals surface area contributed by atoms with Gasteiger partial charge in [0.1, 0.15) is 16.1 Å². The van der Waals surface area contributed by atoms with E-state index in [2.05, 4.69) is 21.2 Å². The first-order valence-corrected chi connectivity index (χ1v) is 10.7. The fraction of sp³-hybridized carbons (Fsp3) is 0.150. The number of halogens is 4. The third kappa shape index (κ3) is 5.10. The molecule has 0 bridgehead atoms. The van der Waals surface area contributed by atoms with E-state index in [0.29, 0.717) is 10.0 Å². The zero-order valence-corrected chi connectivity index (χ0v) is 19.0. The molecule has 0 spiro atoms. The van der Waals surface area contributed by atoms with Gasteiger partial charge >= 0.3 is 6.18 Å². The molecule has 1 saturated heterocycles. The second-order valence-electron chi connectivity index (χ2n) is 6.46. The Morgan fingerprint density at radius 3 is 2.65 bits per heavy atom. The predicted octanol–water partition coefficient (Wildman–Crippen LogP) is 5.40. The van der Waals surface area contributed by atoms with Gasteiger partial charge in [0.05, 0.1) is 16.2 Å². The van der Waals surface area contributed by atoms with Gasteiger partial charge in [-0.25, -0.2) is 0 Å². The van der Waals surface area contributed by atoms with Gasteiger partial charge in [-0.05, 0) is 43.3 Å². The Labute approximate surface area is 193 Å². The molecule has 1 aliphatic rings. The molecule has 11 heteroatoms. The topological polar surface area (TPSA) is 69.6 Å². The fourth-order valence-corrected chi connectivity index (χ4v) is 4.58. The number of anilines is 1. The van der Waals surface area contributed by atoms with Gasteiger partial charge in [0.15, 0.2) is 0 Å². The smallest absolute Gasteiger partial charge is 0.418 e. The second-order valence-corrected chi connectivity index (χ2v) is 9.05. The number of carbonyl (C=O) groups is 2. The van der Waals surface area contributed by atoms with Crippen LogP contribution in [0.15, 0.2) is 51.8 Å². The zero-order chi connectivity index (χ0) is 22.9. The second kappa shape index (κ2) is 9.01. The molecule has 2 aromatic rings. The van der Waals surface area contributed by atoms with Gasteiger partial charge in [0.2, 0.25) is 5.91 Å². The molecule has 0 radical (unpaired) electrons. The number of carbonyl (C=O) groups excluding carboxylic acids is 2. The van der Waals surface area contributed by atoms with Crippen molar-refractivity contribution < 1.29 is 27.9 Å². The van der Waals surface area contributed by atoms with E-state index in [0.717, 1.165) is 28.8 Å². The van der Waals surface area contributed by atoms with E-state index >= 15 is 0 Å². The molecule has 1 unspecified atom stereocenters. The number of alkyl halides is 3. The normalized spacial score (nSPS) is 16.7. The first kappa shape index (κ1) is 23.3. The van der Waals surface area contributed by atoms with E-state index < -0.39 is 35.3 Å². The van der Waals surface area contributed by atoms with Crippen molar-refractivity contribution >= 4 is 67.8 Å². The summed E-state index contributed by atoms with van der Waals surface area (Å²) in [5.74, 6) is -1.45. The SMILES string of the molecule is CC(C(=O)Nc1ccccc1C(F)(F)F)N1C(=O)/C(=C/c2cc(Br)ccc2O)SC1=S. The highest BCUT2D eigenvalue weighted by atomic mass is 79.9. The number of benzene rings is 2. The maximum Gasteiger partial charge on any atom is 0.418 e. The number of rotatable bonds is 4. The third-order valence-corrected chi connectivity index (χ3v) is 6.18. The molecule has 0 saturated carbocycles. The molecule has 0 aromatic heterocycles. The summed E-state index contributed by atoms with van der Waals surface area (Å²) in [6, 6.07) is 8.09. The lowest BCUT2D eigenvalue weighted by molar-refractivity contribution is -0.137. The first-order valence-electron chi connectivity index (χ1n) is 8.71. The van der Waals surface area contributed by atoms with Crippen LogP contribution in [0.3, 0.4) is 0 Å². The summed E-state index contributed by atoms with van der Waals surface area (Å²) in [4.78, 5) is 26.7. The average molecular weight is 531 g/mol. The minimum absolute atomic E-state index is 0.0528. The lowest BCUT2D eigenvalue weighted by Gasteiger charge is -2.23. The summed E-state index contributed by atoms with van der Waals surface area (Å²) >= 11 is 9.42. The van der Waals surface area contributed by atoms with Gasteiger partial charge in [0.25, 0.3) is 5.91 Å². The van der Waals surface area contributed by atoms with E-state index in [-0.39, 0.29) is 15.0 Å². The van der Waals surface area contributed by atoms with Crippen LogP contribution in [0.5, 0.6) is 5.75 Å². The number of nitrogens with zero attached hydrogens (tertiary/aromatic N) is 1. The maximum absolute atomic E-state index is 13.2. The number of thioether (sulfide) groups is 1. The Morgan fingerprint density at radius 2 is 1.97 bits per heavy atom. The number of aromatic hydroxyl groups is 1. The molecular formula is C20H14BrF3N2O3S2. The quantitative estimate of drug-likeness (QED) is 0.409. The molecule has 0 aliphatic carbocycles. The molecule has 162 valence electrons. The summed E-state index contributed by atoms with van der Waals surface area (Å²) in [6.45, 7) is 1.37. The lowest BCUT2D eigenvalue weighted by atomic mass is 10.1. The molecule has 1 heterocycles. The number of phenolic OH excluding ortho intramolecular Hbond substituents is 1. The number of amides is 2. The highest BCUT2D eigenvalue weighted by Crippen LogP contribution is 2.37. The van der Waals surface area contributed by atoms with Gasteiger partial charge in [0, 0.05) is 10.0 Å². The van der Waals surface area contributed by atoms with E-state index in [1.165, 1.54) is 31.2 Å². The average Bonchev–Trinajstić information content (AvgIpc) is 2.97. The molecule has 3 rings (SSSR count). The van der Waals surface area contributed by atoms with Crippen molar-refractivity contribution in [1.29, 1.82) is 0 Å². The summed E-state index contributed by atoms with van der Waals surface area (Å²) in [5, 5.41) is 12.2. The van der Waals surface area contributed by atoms with Crippen molar-refractivity contribution in [2.75, 3.05) is 5.32 Å². The number of hydrogen-bond donors (Lipinski definition) is 2. The molecule has 5 nitrogen and oxygen atoms in total. The molecule has 1 fully saturated rings. The summed E-state index contributed by atoms with van der Waals surface area (Å²) in [5.41, 5.74) is -1.04. The zero-order valence-electron chi connectivity index (χ0n) is 15.7. The molecule has 1 atom stereocenters. The standard InChI is InChI=1S/C20H14BrF3N2O3S2/c1-10(17(28)25-14-5-3-2-4-13(14)20(22,23)24)26-18(29)16(31-19(26)30)9-11-8-12(21)6-7-15(11)27/h2-10,27H,1H3,(H,25,28)/b16-9-. The minimum Gasteiger partial charge on any atom is -0.507 e. The van der Waals surface area contributed by atoms with Crippen LogP contribution in [0.25, 0.3) is 6.08 Å². The van der Waals surface area contributed by atoms with Crippen LogP contribution in [-0.2, 0) is 15.8 Å². The molecular weight excluding hydrogens is 517 g/mol. The van der Waals surface area contributed by atoms with Crippen molar-refractivity contribution in [2.45, 2.75) is 19.1 Å². The lowest BCUT2D eigenvalue weighted by Crippen LogP contribution is -2.44. The maximum atomic E-state index is 13.2. The van der Waals surface area contributed by atoms with Crippen LogP contribution in [0.2, 0.25) is 0 Å². The van der Waals surface area contributed by atoms with Gasteiger partial charge < -0.3 is 10.4 Å². The number of hydrogen-bond acceptors (Lipinski definition) is 5. The number of nitrogens with one attached hydrogen (secondary N) is 1. The van der Waals surface area contributed by atoms with Gasteiger partial charge in [-0.1, -0.05) is 52.0 Å². The third-order valence-electron chi connectivity index (χ3n) is 4.36. The summed E-state index contributed by atoms with van der Waals surface area (Å²) < 4.78 is 40.3. The van der Waals surface area contributed by atoms with Crippen LogP contribution in [-0.4, -0.2) is 32.2 Å². The van der Waals surface area contributed by atoms with Crippen molar-refractivity contribution in [3.63, 3.8) is 0 Å². The Kier molecular flexibility index (Phi) is 6.77. The monoisotopic (exact) mass is 530 g/mol. The summed E-state index contributed by atoms with van der Waals surface area (Å²) in [7, 11) is 0. The Morgan fingerprint density at radius 1 is 1.29 bits per heavy atom. The van der Waals surface area contributed by atoms with Crippen LogP contribution < -0.4 is 5.32 Å². The highest BCUT2D eigenvalue weighted by Gasteiger charge is 2.39. The summed E-state index contributed by atoms with van der Waals surface area (Å²) in [6.07, 6.45) is -3.22. The van der Waals surface area contributed by atoms with E-state index in [1.54, 1.807) is 12.1 Å². The Balaban J connectivity index is 1.82. The van der Waals surface area contributed by atoms with Gasteiger partial charge in [-0.2, -0.15) is 13.2 Å². The van der Waals surface area contributed by atoms with E-state index in [4.69, 9.17) is 12.2 Å². The number of thiocarbonyl (C=S) groups is 1. The van der Waals surface area contributed by atoms with Crippen LogP contribution in [0.4, 0.5) is 18.9 Å². The molecule has 1 aliphatic heterocycles. The molecule has 2 N–H and O–H groups in total. The van der Waals surface area contributed by atoms with Crippen LogP contribution >= 0.6 is 39.9 Å². The van der Waals surface area contributed by atoms with E-state index in [1.807, 2.05) is 0 Å². The number of phenols is 1. The van der Waals surface area contributed by atoms with Crippen molar-refractivity contribution in [1.82, 2.24) is 4.90 Å². The van der Waals surface area contributed by atoms with Gasteiger partial charge in [-0.3, -0.25) is 14.5 Å². The Hall–Kier alpha value is -2.37. The fourth-order valence-electron chi connectivity index (χ4n) is 2.79. The minimum atomic E-state index is -4.65. The van der Waals surface area contributed by atoms with Crippen molar-refractivity contribution in [3.05, 3.63) is 63.0 Å². The molecule has 2 amide bonds. The van der Waals surface area contributed by atoms with E-state index in [9.17, 15) is 27.9 Å². The van der Waals surface area contributed by atoms with Gasteiger partial charge in [-0.15, -0.1) is 0 Å². The van der Waals surface area contributed by atoms with Crippen LogP contribution in [0.1, 0.15) is 18.1 Å². The van der Waals surface area contributed by atoms with Crippen molar-refractivity contribution in [2.24, 2.45) is 0 Å².